The van der Waals surface area contributed by atoms with Crippen molar-refractivity contribution in [3.05, 3.63) is 65.4 Å². The van der Waals surface area contributed by atoms with E-state index >= 15 is 0 Å². The van der Waals surface area contributed by atoms with Gasteiger partial charge in [-0.1, -0.05) is 12.1 Å². The minimum atomic E-state index is -1.22. The van der Waals surface area contributed by atoms with Crippen LogP contribution in [0.15, 0.2) is 58.0 Å². The van der Waals surface area contributed by atoms with E-state index in [1.807, 2.05) is 18.2 Å². The Labute approximate surface area is 189 Å². The Hall–Kier alpha value is -4.40. The Morgan fingerprint density at radius 3 is 2.61 bits per heavy atom. The summed E-state index contributed by atoms with van der Waals surface area (Å²) in [6, 6.07) is 13.2. The summed E-state index contributed by atoms with van der Waals surface area (Å²) in [5, 5.41) is 34.4. The number of benzene rings is 2. The summed E-state index contributed by atoms with van der Waals surface area (Å²) in [6.07, 6.45) is 3.11. The van der Waals surface area contributed by atoms with Crippen LogP contribution in [0.2, 0.25) is 0 Å². The summed E-state index contributed by atoms with van der Waals surface area (Å²) in [5.41, 5.74) is 5.95. The van der Waals surface area contributed by atoms with E-state index in [9.17, 15) is 14.7 Å². The van der Waals surface area contributed by atoms with Gasteiger partial charge in [-0.2, -0.15) is 5.10 Å². The van der Waals surface area contributed by atoms with Crippen molar-refractivity contribution in [2.75, 3.05) is 10.7 Å². The van der Waals surface area contributed by atoms with E-state index in [0.29, 0.717) is 5.69 Å². The molecule has 0 saturated heterocycles. The third-order valence-corrected chi connectivity index (χ3v) is 5.33. The summed E-state index contributed by atoms with van der Waals surface area (Å²) in [5.74, 6) is -2.12. The highest BCUT2D eigenvalue weighted by Gasteiger charge is 2.18. The molecule has 0 unspecified atom stereocenters. The number of carboxylic acid groups (broad SMARTS) is 1. The summed E-state index contributed by atoms with van der Waals surface area (Å²) >= 11 is 0. The third-order valence-electron chi connectivity index (χ3n) is 5.33. The number of amides is 1. The number of phenolic OH excluding ortho intramolecular Hbond substituents is 1. The molecule has 1 amide bonds. The number of nitrogens with one attached hydrogen (secondary N) is 3. The second-order valence-corrected chi connectivity index (χ2v) is 7.66. The molecule has 0 aliphatic heterocycles. The Kier molecular flexibility index (Phi) is 5.95. The van der Waals surface area contributed by atoms with Gasteiger partial charge in [0.05, 0.1) is 17.0 Å². The molecule has 2 aromatic carbocycles. The van der Waals surface area contributed by atoms with Gasteiger partial charge in [0.15, 0.2) is 11.5 Å². The maximum absolute atomic E-state index is 12.8. The Bertz CT molecular complexity index is 1290. The topological polar surface area (TPSA) is 148 Å². The van der Waals surface area contributed by atoms with Gasteiger partial charge >= 0.3 is 5.97 Å². The van der Waals surface area contributed by atoms with Crippen molar-refractivity contribution in [1.29, 1.82) is 5.41 Å². The first-order valence-electron chi connectivity index (χ1n) is 10.3. The third kappa shape index (κ3) is 4.62. The van der Waals surface area contributed by atoms with Gasteiger partial charge in [-0.15, -0.1) is 0 Å². The molecular formula is C24H22N4O5. The fourth-order valence-electron chi connectivity index (χ4n) is 3.69. The smallest absolute Gasteiger partial charge is 0.371 e. The van der Waals surface area contributed by atoms with E-state index < -0.39 is 11.9 Å². The fourth-order valence-corrected chi connectivity index (χ4v) is 3.69. The van der Waals surface area contributed by atoms with Crippen molar-refractivity contribution < 1.29 is 24.2 Å². The maximum Gasteiger partial charge on any atom is 0.371 e. The van der Waals surface area contributed by atoms with Crippen LogP contribution >= 0.6 is 0 Å². The van der Waals surface area contributed by atoms with Crippen LogP contribution in [0, 0.1) is 5.41 Å². The van der Waals surface area contributed by atoms with Crippen molar-refractivity contribution in [2.24, 2.45) is 5.10 Å². The number of nitrogens with zero attached hydrogens (tertiary/aromatic N) is 1. The molecule has 33 heavy (non-hydrogen) atoms. The minimum absolute atomic E-state index is 0.0612. The van der Waals surface area contributed by atoms with E-state index in [-0.39, 0.29) is 39.9 Å². The van der Waals surface area contributed by atoms with Gasteiger partial charge in [-0.3, -0.25) is 10.2 Å². The number of hydrogen-bond donors (Lipinski definition) is 5. The quantitative estimate of drug-likeness (QED) is 0.208. The van der Waals surface area contributed by atoms with Crippen LogP contribution in [0.4, 0.5) is 11.4 Å². The monoisotopic (exact) mass is 446 g/mol. The number of furan rings is 1. The number of carbonyl (C=O) groups is 2. The highest BCUT2D eigenvalue weighted by Crippen LogP contribution is 2.36. The number of aromatic hydroxyl groups is 1. The average molecular weight is 446 g/mol. The first-order chi connectivity index (χ1) is 15.8. The van der Waals surface area contributed by atoms with E-state index in [2.05, 4.69) is 15.8 Å². The van der Waals surface area contributed by atoms with Crippen LogP contribution in [0.5, 0.6) is 5.75 Å². The first kappa shape index (κ1) is 21.8. The number of carboxylic acids is 1. The van der Waals surface area contributed by atoms with Gasteiger partial charge in [0.2, 0.25) is 5.76 Å². The lowest BCUT2D eigenvalue weighted by Gasteiger charge is -2.11. The molecule has 9 nitrogen and oxygen atoms in total. The zero-order chi connectivity index (χ0) is 23.5. The number of para-hydroxylation sites is 1. The van der Waals surface area contributed by atoms with E-state index in [1.54, 1.807) is 12.1 Å². The first-order valence-corrected chi connectivity index (χ1v) is 10.3. The number of carbonyl (C=O) groups excluding carboxylic acids is 1. The maximum atomic E-state index is 12.8. The number of rotatable bonds is 7. The molecular weight excluding hydrogens is 424 g/mol. The summed E-state index contributed by atoms with van der Waals surface area (Å²) in [7, 11) is 0. The number of aromatic carboxylic acids is 1. The molecule has 5 N–H and O–H groups in total. The van der Waals surface area contributed by atoms with Gasteiger partial charge in [0, 0.05) is 5.69 Å². The lowest BCUT2D eigenvalue weighted by molar-refractivity contribution is -0.110. The zero-order valence-electron chi connectivity index (χ0n) is 17.8. The lowest BCUT2D eigenvalue weighted by atomic mass is 10.1. The van der Waals surface area contributed by atoms with Crippen LogP contribution in [-0.4, -0.2) is 33.5 Å². The van der Waals surface area contributed by atoms with Gasteiger partial charge in [0.25, 0.3) is 5.91 Å². The molecule has 1 aliphatic rings. The molecule has 0 atom stereocenters. The molecule has 3 aromatic rings. The number of fused-ring (bicyclic) bond motifs is 1. The molecule has 1 heterocycles. The number of phenols is 1. The SMILES string of the molecule is CC(=N)/C(=N/Nc1cccc(-c2ccc(C(=O)O)o2)c1O)C(=O)Nc1ccc2c(c1)CCC2. The number of hydrazone groups is 1. The van der Waals surface area contributed by atoms with E-state index in [1.165, 1.54) is 36.2 Å². The fraction of sp³-hybridized carbons (Fsp3) is 0.167. The largest absolute Gasteiger partial charge is 0.505 e. The standard InChI is InChI=1S/C24H22N4O5/c1-13(25)21(23(30)26-16-9-8-14-4-2-5-15(14)12-16)28-27-18-7-3-6-17(22(18)29)19-10-11-20(33-19)24(31)32/h3,6-12,25,27,29H,2,4-5H2,1H3,(H,26,30)(H,31,32)/b25-13?,28-21-. The summed E-state index contributed by atoms with van der Waals surface area (Å²) in [4.78, 5) is 23.8. The predicted molar refractivity (Wildman–Crippen MR) is 124 cm³/mol. The highest BCUT2D eigenvalue weighted by atomic mass is 16.4. The Balaban J connectivity index is 1.54. The minimum Gasteiger partial charge on any atom is -0.505 e. The van der Waals surface area contributed by atoms with Crippen LogP contribution in [0.1, 0.15) is 35.0 Å². The van der Waals surface area contributed by atoms with Crippen molar-refractivity contribution >= 4 is 34.7 Å². The van der Waals surface area contributed by atoms with Crippen LogP contribution < -0.4 is 10.7 Å². The van der Waals surface area contributed by atoms with E-state index in [4.69, 9.17) is 14.9 Å². The Morgan fingerprint density at radius 1 is 1.09 bits per heavy atom. The van der Waals surface area contributed by atoms with Crippen molar-refractivity contribution in [2.45, 2.75) is 26.2 Å². The van der Waals surface area contributed by atoms with Gasteiger partial charge in [0.1, 0.15) is 5.76 Å². The molecule has 9 heteroatoms. The van der Waals surface area contributed by atoms with Crippen molar-refractivity contribution in [3.63, 3.8) is 0 Å². The predicted octanol–water partition coefficient (Wildman–Crippen LogP) is 4.29. The molecule has 0 spiro atoms. The molecule has 0 saturated carbocycles. The molecule has 0 fully saturated rings. The van der Waals surface area contributed by atoms with Crippen LogP contribution in [0.25, 0.3) is 11.3 Å². The van der Waals surface area contributed by atoms with Crippen molar-refractivity contribution in [1.82, 2.24) is 0 Å². The summed E-state index contributed by atoms with van der Waals surface area (Å²) < 4.78 is 5.25. The molecule has 1 aromatic heterocycles. The molecule has 168 valence electrons. The lowest BCUT2D eigenvalue weighted by Crippen LogP contribution is -2.29. The molecule has 4 rings (SSSR count). The van der Waals surface area contributed by atoms with Crippen molar-refractivity contribution in [3.8, 4) is 17.1 Å². The second kappa shape index (κ2) is 8.99. The van der Waals surface area contributed by atoms with Crippen LogP contribution in [0.3, 0.4) is 0 Å². The Morgan fingerprint density at radius 2 is 1.88 bits per heavy atom. The van der Waals surface area contributed by atoms with E-state index in [0.717, 1.165) is 19.3 Å². The highest BCUT2D eigenvalue weighted by molar-refractivity contribution is 6.67. The second-order valence-electron chi connectivity index (χ2n) is 7.66. The normalized spacial score (nSPS) is 12.8. The molecule has 1 aliphatic carbocycles. The molecule has 0 radical (unpaired) electrons. The van der Waals surface area contributed by atoms with Gasteiger partial charge < -0.3 is 25.4 Å². The van der Waals surface area contributed by atoms with Gasteiger partial charge in [-0.05, 0) is 73.7 Å². The van der Waals surface area contributed by atoms with Crippen LogP contribution in [-0.2, 0) is 17.6 Å². The van der Waals surface area contributed by atoms with Gasteiger partial charge in [-0.25, -0.2) is 4.79 Å². The number of anilines is 2. The zero-order valence-corrected chi connectivity index (χ0v) is 17.8. The average Bonchev–Trinajstić information content (AvgIpc) is 3.44. The summed E-state index contributed by atoms with van der Waals surface area (Å²) in [6.45, 7) is 1.44. The molecule has 0 bridgehead atoms. The number of aryl methyl sites for hydroxylation is 2. The number of hydrogen-bond acceptors (Lipinski definition) is 7.